The molecule has 21 heavy (non-hydrogen) atoms. The summed E-state index contributed by atoms with van der Waals surface area (Å²) in [6.07, 6.45) is 0.904. The van der Waals surface area contributed by atoms with Gasteiger partial charge in [0, 0.05) is 19.5 Å². The summed E-state index contributed by atoms with van der Waals surface area (Å²) in [6.45, 7) is 1.73. The van der Waals surface area contributed by atoms with Crippen molar-refractivity contribution in [1.82, 2.24) is 4.90 Å². The number of carboxylic acids is 1. The number of likely N-dealkylation sites (tertiary alicyclic amines) is 1. The number of hydrogen-bond acceptors (Lipinski definition) is 3. The van der Waals surface area contributed by atoms with Gasteiger partial charge in [0.25, 0.3) is 0 Å². The van der Waals surface area contributed by atoms with Crippen molar-refractivity contribution in [3.63, 3.8) is 0 Å². The lowest BCUT2D eigenvalue weighted by molar-refractivity contribution is -0.141. The zero-order chi connectivity index (χ0) is 15.4. The Hall–Kier alpha value is -1.30. The van der Waals surface area contributed by atoms with Gasteiger partial charge in [0.05, 0.1) is 21.7 Å². The number of carbonyl (C=O) groups is 2. The lowest BCUT2D eigenvalue weighted by Crippen LogP contribution is -2.27. The first kappa shape index (κ1) is 16.1. The van der Waals surface area contributed by atoms with Crippen molar-refractivity contribution in [1.29, 1.82) is 0 Å². The average molecular weight is 331 g/mol. The number of benzene rings is 1. The van der Waals surface area contributed by atoms with Gasteiger partial charge in [0.2, 0.25) is 5.91 Å². The molecule has 0 radical (unpaired) electrons. The summed E-state index contributed by atoms with van der Waals surface area (Å²) in [5, 5.41) is 12.4. The molecule has 1 amide bonds. The smallest absolute Gasteiger partial charge is 0.307 e. The van der Waals surface area contributed by atoms with Crippen LogP contribution in [0.1, 0.15) is 12.8 Å². The largest absolute Gasteiger partial charge is 0.481 e. The molecule has 1 aliphatic rings. The predicted molar refractivity (Wildman–Crippen MR) is 81.9 cm³/mol. The Labute approximate surface area is 132 Å². The van der Waals surface area contributed by atoms with Crippen molar-refractivity contribution < 1.29 is 14.7 Å². The summed E-state index contributed by atoms with van der Waals surface area (Å²) in [5.41, 5.74) is 0.413. The minimum Gasteiger partial charge on any atom is -0.481 e. The molecule has 1 unspecified atom stereocenters. The van der Waals surface area contributed by atoms with E-state index in [9.17, 15) is 9.59 Å². The Morgan fingerprint density at radius 3 is 2.57 bits per heavy atom. The van der Waals surface area contributed by atoms with E-state index in [0.29, 0.717) is 41.8 Å². The Balaban J connectivity index is 1.82. The van der Waals surface area contributed by atoms with E-state index in [-0.39, 0.29) is 18.2 Å². The second-order valence-corrected chi connectivity index (χ2v) is 5.83. The molecular weight excluding hydrogens is 315 g/mol. The minimum absolute atomic E-state index is 0.191. The van der Waals surface area contributed by atoms with E-state index in [1.54, 1.807) is 18.2 Å². The highest BCUT2D eigenvalue weighted by Crippen LogP contribution is 2.29. The van der Waals surface area contributed by atoms with Crippen molar-refractivity contribution in [3.05, 3.63) is 28.2 Å². The molecule has 1 aromatic carbocycles. The normalized spacial score (nSPS) is 18.7. The molecule has 0 bridgehead atoms. The number of amides is 1. The summed E-state index contributed by atoms with van der Waals surface area (Å²) < 4.78 is 0. The highest BCUT2D eigenvalue weighted by molar-refractivity contribution is 6.39. The van der Waals surface area contributed by atoms with Gasteiger partial charge in [-0.15, -0.1) is 0 Å². The number of hydrogen-bond donors (Lipinski definition) is 2. The third-order valence-electron chi connectivity index (χ3n) is 3.50. The average Bonchev–Trinajstić information content (AvgIpc) is 2.90. The van der Waals surface area contributed by atoms with Gasteiger partial charge in [0.1, 0.15) is 0 Å². The second-order valence-electron chi connectivity index (χ2n) is 5.02. The standard InChI is InChI=1S/C14H16Cl2N2O3/c15-10-2-1-3-11(16)13(10)17-12(19)5-7-18-6-4-9(8-18)14(20)21/h1-3,9H,4-8H2,(H,17,19)(H,20,21). The summed E-state index contributed by atoms with van der Waals surface area (Å²) in [7, 11) is 0. The lowest BCUT2D eigenvalue weighted by Gasteiger charge is -2.15. The fourth-order valence-electron chi connectivity index (χ4n) is 2.32. The van der Waals surface area contributed by atoms with Crippen LogP contribution in [0.25, 0.3) is 0 Å². The predicted octanol–water partition coefficient (Wildman–Crippen LogP) is 2.73. The fraction of sp³-hybridized carbons (Fsp3) is 0.429. The fourth-order valence-corrected chi connectivity index (χ4v) is 2.81. The molecule has 0 saturated carbocycles. The van der Waals surface area contributed by atoms with E-state index in [4.69, 9.17) is 28.3 Å². The number of carboxylic acid groups (broad SMARTS) is 1. The first-order chi connectivity index (χ1) is 9.97. The SMILES string of the molecule is O=C(CCN1CCC(C(=O)O)C1)Nc1c(Cl)cccc1Cl. The van der Waals surface area contributed by atoms with Gasteiger partial charge in [-0.05, 0) is 25.1 Å². The first-order valence-corrected chi connectivity index (χ1v) is 7.42. The molecule has 0 aliphatic carbocycles. The van der Waals surface area contributed by atoms with Crippen LogP contribution in [0.4, 0.5) is 5.69 Å². The third kappa shape index (κ3) is 4.33. The Morgan fingerprint density at radius 1 is 1.33 bits per heavy atom. The Bertz CT molecular complexity index is 531. The zero-order valence-corrected chi connectivity index (χ0v) is 12.8. The monoisotopic (exact) mass is 330 g/mol. The van der Waals surface area contributed by atoms with Crippen molar-refractivity contribution >= 4 is 40.8 Å². The van der Waals surface area contributed by atoms with Crippen LogP contribution < -0.4 is 5.32 Å². The van der Waals surface area contributed by atoms with Crippen molar-refractivity contribution in [3.8, 4) is 0 Å². The van der Waals surface area contributed by atoms with E-state index in [1.165, 1.54) is 0 Å². The number of anilines is 1. The Morgan fingerprint density at radius 2 is 2.00 bits per heavy atom. The minimum atomic E-state index is -0.773. The van der Waals surface area contributed by atoms with Crippen LogP contribution in [-0.2, 0) is 9.59 Å². The van der Waals surface area contributed by atoms with Gasteiger partial charge in [0.15, 0.2) is 0 Å². The van der Waals surface area contributed by atoms with Crippen LogP contribution in [0.3, 0.4) is 0 Å². The van der Waals surface area contributed by atoms with E-state index < -0.39 is 5.97 Å². The van der Waals surface area contributed by atoms with E-state index in [0.717, 1.165) is 0 Å². The van der Waals surface area contributed by atoms with Gasteiger partial charge in [-0.25, -0.2) is 0 Å². The number of nitrogens with one attached hydrogen (secondary N) is 1. The van der Waals surface area contributed by atoms with Gasteiger partial charge in [-0.3, -0.25) is 9.59 Å². The quantitative estimate of drug-likeness (QED) is 0.870. The summed E-state index contributed by atoms with van der Waals surface area (Å²) in [4.78, 5) is 24.8. The highest BCUT2D eigenvalue weighted by atomic mass is 35.5. The van der Waals surface area contributed by atoms with Crippen LogP contribution in [0, 0.1) is 5.92 Å². The maximum absolute atomic E-state index is 11.9. The molecule has 1 saturated heterocycles. The van der Waals surface area contributed by atoms with Gasteiger partial charge in [-0.2, -0.15) is 0 Å². The Kier molecular flexibility index (Phi) is 5.45. The molecule has 1 heterocycles. The van der Waals surface area contributed by atoms with Crippen molar-refractivity contribution in [2.24, 2.45) is 5.92 Å². The topological polar surface area (TPSA) is 69.6 Å². The summed E-state index contributed by atoms with van der Waals surface area (Å²) in [6, 6.07) is 5.01. The lowest BCUT2D eigenvalue weighted by atomic mass is 10.1. The molecule has 5 nitrogen and oxygen atoms in total. The van der Waals surface area contributed by atoms with Crippen LogP contribution >= 0.6 is 23.2 Å². The molecular formula is C14H16Cl2N2O3. The molecule has 1 aromatic rings. The number of halogens is 2. The molecule has 1 fully saturated rings. The maximum atomic E-state index is 11.9. The van der Waals surface area contributed by atoms with Crippen LogP contribution in [0.5, 0.6) is 0 Å². The molecule has 1 atom stereocenters. The zero-order valence-electron chi connectivity index (χ0n) is 11.3. The highest BCUT2D eigenvalue weighted by Gasteiger charge is 2.27. The number of nitrogens with zero attached hydrogens (tertiary/aromatic N) is 1. The second kappa shape index (κ2) is 7.11. The van der Waals surface area contributed by atoms with E-state index >= 15 is 0 Å². The molecule has 2 N–H and O–H groups in total. The molecule has 2 rings (SSSR count). The van der Waals surface area contributed by atoms with E-state index in [1.807, 2.05) is 4.90 Å². The van der Waals surface area contributed by atoms with Crippen LogP contribution in [0.15, 0.2) is 18.2 Å². The van der Waals surface area contributed by atoms with Crippen LogP contribution in [0.2, 0.25) is 10.0 Å². The number of para-hydroxylation sites is 1. The molecule has 1 aliphatic heterocycles. The van der Waals surface area contributed by atoms with Crippen molar-refractivity contribution in [2.45, 2.75) is 12.8 Å². The summed E-state index contributed by atoms with van der Waals surface area (Å²) >= 11 is 12.0. The third-order valence-corrected chi connectivity index (χ3v) is 4.13. The molecule has 0 aromatic heterocycles. The summed E-state index contributed by atoms with van der Waals surface area (Å²) in [5.74, 6) is -1.29. The maximum Gasteiger partial charge on any atom is 0.307 e. The van der Waals surface area contributed by atoms with Gasteiger partial charge in [-0.1, -0.05) is 29.3 Å². The molecule has 7 heteroatoms. The molecule has 0 spiro atoms. The van der Waals surface area contributed by atoms with Gasteiger partial charge < -0.3 is 15.3 Å². The number of carbonyl (C=O) groups excluding carboxylic acids is 1. The molecule has 114 valence electrons. The van der Waals surface area contributed by atoms with Gasteiger partial charge >= 0.3 is 5.97 Å². The van der Waals surface area contributed by atoms with Crippen molar-refractivity contribution in [2.75, 3.05) is 25.0 Å². The number of aliphatic carboxylic acids is 1. The van der Waals surface area contributed by atoms with E-state index in [2.05, 4.69) is 5.32 Å². The first-order valence-electron chi connectivity index (χ1n) is 6.66. The van der Waals surface area contributed by atoms with Crippen LogP contribution in [-0.4, -0.2) is 41.5 Å². The number of rotatable bonds is 5.